The lowest BCUT2D eigenvalue weighted by atomic mass is 9.45. The third-order valence-corrected chi connectivity index (χ3v) is 5.76. The number of carbonyl (C=O) groups excluding carboxylic acids is 1. The number of ketones is 1. The zero-order valence-corrected chi connectivity index (χ0v) is 11.6. The van der Waals surface area contributed by atoms with Crippen LogP contribution in [0.15, 0.2) is 0 Å². The summed E-state index contributed by atoms with van der Waals surface area (Å²) < 4.78 is 0. The SMILES string of the molecule is CC(CCO)C1CC2CCC1(C)C(=O)C2(C)C. The predicted molar refractivity (Wildman–Crippen MR) is 68.6 cm³/mol. The van der Waals surface area contributed by atoms with Crippen LogP contribution in [0.25, 0.3) is 0 Å². The smallest absolute Gasteiger partial charge is 0.144 e. The summed E-state index contributed by atoms with van der Waals surface area (Å²) in [6.07, 6.45) is 4.27. The average molecular weight is 238 g/mol. The van der Waals surface area contributed by atoms with Gasteiger partial charge in [0.2, 0.25) is 0 Å². The number of rotatable bonds is 3. The van der Waals surface area contributed by atoms with Crippen LogP contribution in [0.1, 0.15) is 53.4 Å². The van der Waals surface area contributed by atoms with Crippen molar-refractivity contribution >= 4 is 5.78 Å². The van der Waals surface area contributed by atoms with Crippen LogP contribution in [0, 0.1) is 28.6 Å². The number of hydrogen-bond acceptors (Lipinski definition) is 2. The lowest BCUT2D eigenvalue weighted by molar-refractivity contribution is -0.164. The fourth-order valence-electron chi connectivity index (χ4n) is 4.47. The van der Waals surface area contributed by atoms with Gasteiger partial charge in [0, 0.05) is 17.4 Å². The van der Waals surface area contributed by atoms with E-state index in [-0.39, 0.29) is 17.4 Å². The molecule has 0 aromatic rings. The first kappa shape index (κ1) is 13.1. The number of carbonyl (C=O) groups is 1. The molecular weight excluding hydrogens is 212 g/mol. The molecule has 0 spiro atoms. The fourth-order valence-corrected chi connectivity index (χ4v) is 4.47. The number of Topliss-reactive ketones (excluding diaryl/α,β-unsaturated/α-hetero) is 1. The van der Waals surface area contributed by atoms with E-state index in [2.05, 4.69) is 27.7 Å². The molecule has 3 aliphatic carbocycles. The van der Waals surface area contributed by atoms with Crippen molar-refractivity contribution in [3.63, 3.8) is 0 Å². The Morgan fingerprint density at radius 2 is 2.06 bits per heavy atom. The minimum Gasteiger partial charge on any atom is -0.396 e. The Morgan fingerprint density at radius 1 is 1.41 bits per heavy atom. The molecule has 2 heteroatoms. The van der Waals surface area contributed by atoms with E-state index in [9.17, 15) is 4.79 Å². The van der Waals surface area contributed by atoms with Gasteiger partial charge in [-0.1, -0.05) is 27.7 Å². The maximum Gasteiger partial charge on any atom is 0.144 e. The molecule has 0 aromatic carbocycles. The van der Waals surface area contributed by atoms with Crippen LogP contribution in [-0.2, 0) is 4.79 Å². The normalized spacial score (nSPS) is 41.6. The van der Waals surface area contributed by atoms with Crippen molar-refractivity contribution in [3.05, 3.63) is 0 Å². The number of fused-ring (bicyclic) bond motifs is 3. The van der Waals surface area contributed by atoms with Gasteiger partial charge in [-0.05, 0) is 43.4 Å². The molecule has 3 aliphatic rings. The maximum absolute atomic E-state index is 12.7. The summed E-state index contributed by atoms with van der Waals surface area (Å²) in [4.78, 5) is 12.7. The summed E-state index contributed by atoms with van der Waals surface area (Å²) in [6.45, 7) is 8.88. The lowest BCUT2D eigenvalue weighted by Crippen LogP contribution is -2.58. The Kier molecular flexibility index (Phi) is 3.14. The van der Waals surface area contributed by atoms with Crippen LogP contribution in [0.4, 0.5) is 0 Å². The van der Waals surface area contributed by atoms with Crippen molar-refractivity contribution in [2.24, 2.45) is 28.6 Å². The Labute approximate surface area is 105 Å². The van der Waals surface area contributed by atoms with Crippen molar-refractivity contribution in [1.29, 1.82) is 0 Å². The van der Waals surface area contributed by atoms with Gasteiger partial charge in [-0.2, -0.15) is 0 Å². The molecule has 1 N–H and O–H groups in total. The van der Waals surface area contributed by atoms with Crippen molar-refractivity contribution in [3.8, 4) is 0 Å². The van der Waals surface area contributed by atoms with E-state index in [1.807, 2.05) is 0 Å². The van der Waals surface area contributed by atoms with Crippen LogP contribution in [-0.4, -0.2) is 17.5 Å². The topological polar surface area (TPSA) is 37.3 Å². The second kappa shape index (κ2) is 4.08. The number of aliphatic hydroxyl groups excluding tert-OH is 1. The van der Waals surface area contributed by atoms with E-state index < -0.39 is 0 Å². The van der Waals surface area contributed by atoms with Crippen LogP contribution in [0.3, 0.4) is 0 Å². The summed E-state index contributed by atoms with van der Waals surface area (Å²) in [5.74, 6) is 1.98. The Morgan fingerprint density at radius 3 is 2.65 bits per heavy atom. The highest BCUT2D eigenvalue weighted by atomic mass is 16.3. The van der Waals surface area contributed by atoms with Gasteiger partial charge in [-0.15, -0.1) is 0 Å². The highest BCUT2D eigenvalue weighted by Gasteiger charge is 2.59. The minimum atomic E-state index is -0.132. The third-order valence-electron chi connectivity index (χ3n) is 5.76. The van der Waals surface area contributed by atoms with Gasteiger partial charge < -0.3 is 5.11 Å². The zero-order valence-electron chi connectivity index (χ0n) is 11.6. The predicted octanol–water partition coefficient (Wildman–Crippen LogP) is 3.04. The third kappa shape index (κ3) is 1.76. The molecule has 0 saturated heterocycles. The zero-order chi connectivity index (χ0) is 12.8. The van der Waals surface area contributed by atoms with E-state index in [0.29, 0.717) is 23.5 Å². The lowest BCUT2D eigenvalue weighted by Gasteiger charge is -2.58. The van der Waals surface area contributed by atoms with Crippen molar-refractivity contribution < 1.29 is 9.90 Å². The molecule has 3 saturated carbocycles. The van der Waals surface area contributed by atoms with Crippen molar-refractivity contribution in [2.45, 2.75) is 53.4 Å². The molecule has 3 rings (SSSR count). The minimum absolute atomic E-state index is 0.123. The first-order valence-electron chi connectivity index (χ1n) is 6.99. The maximum atomic E-state index is 12.7. The van der Waals surface area contributed by atoms with Gasteiger partial charge in [-0.3, -0.25) is 4.79 Å². The van der Waals surface area contributed by atoms with Gasteiger partial charge in [0.05, 0.1) is 0 Å². The van der Waals surface area contributed by atoms with Gasteiger partial charge in [0.1, 0.15) is 5.78 Å². The number of aliphatic hydroxyl groups is 1. The molecule has 98 valence electrons. The van der Waals surface area contributed by atoms with Gasteiger partial charge in [0.25, 0.3) is 0 Å². The van der Waals surface area contributed by atoms with Crippen molar-refractivity contribution in [2.75, 3.05) is 6.61 Å². The first-order valence-corrected chi connectivity index (χ1v) is 6.99. The van der Waals surface area contributed by atoms with E-state index in [4.69, 9.17) is 5.11 Å². The summed E-state index contributed by atoms with van der Waals surface area (Å²) in [5.41, 5.74) is -0.255. The van der Waals surface area contributed by atoms with Gasteiger partial charge >= 0.3 is 0 Å². The molecule has 0 amide bonds. The summed E-state index contributed by atoms with van der Waals surface area (Å²) in [6, 6.07) is 0. The highest BCUT2D eigenvalue weighted by molar-refractivity contribution is 5.91. The molecule has 17 heavy (non-hydrogen) atoms. The molecule has 4 unspecified atom stereocenters. The molecule has 0 aliphatic heterocycles. The van der Waals surface area contributed by atoms with Crippen LogP contribution in [0.2, 0.25) is 0 Å². The van der Waals surface area contributed by atoms with Crippen LogP contribution < -0.4 is 0 Å². The Balaban J connectivity index is 2.27. The van der Waals surface area contributed by atoms with Crippen LogP contribution in [0.5, 0.6) is 0 Å². The Hall–Kier alpha value is -0.370. The molecular formula is C15H26O2. The molecule has 2 nitrogen and oxygen atoms in total. The second-order valence-corrected chi connectivity index (χ2v) is 7.04. The number of hydrogen-bond donors (Lipinski definition) is 1. The van der Waals surface area contributed by atoms with Gasteiger partial charge in [-0.25, -0.2) is 0 Å². The van der Waals surface area contributed by atoms with E-state index in [1.54, 1.807) is 0 Å². The van der Waals surface area contributed by atoms with E-state index >= 15 is 0 Å². The summed E-state index contributed by atoms with van der Waals surface area (Å²) >= 11 is 0. The standard InChI is InChI=1S/C15H26O2/c1-10(6-8-16)12-9-11-5-7-15(12,4)13(17)14(11,2)3/h10-12,16H,5-9H2,1-4H3. The average Bonchev–Trinajstić information content (AvgIpc) is 2.26. The molecule has 3 fully saturated rings. The molecule has 2 bridgehead atoms. The van der Waals surface area contributed by atoms with E-state index in [1.165, 1.54) is 12.8 Å². The monoisotopic (exact) mass is 238 g/mol. The summed E-state index contributed by atoms with van der Waals surface area (Å²) in [7, 11) is 0. The molecule has 0 aromatic heterocycles. The summed E-state index contributed by atoms with van der Waals surface area (Å²) in [5, 5.41) is 9.11. The largest absolute Gasteiger partial charge is 0.396 e. The molecule has 0 radical (unpaired) electrons. The Bertz CT molecular complexity index is 321. The molecule has 0 heterocycles. The van der Waals surface area contributed by atoms with Gasteiger partial charge in [0.15, 0.2) is 0 Å². The fraction of sp³-hybridized carbons (Fsp3) is 0.933. The van der Waals surface area contributed by atoms with E-state index in [0.717, 1.165) is 12.8 Å². The second-order valence-electron chi connectivity index (χ2n) is 7.04. The van der Waals surface area contributed by atoms with Crippen LogP contribution >= 0.6 is 0 Å². The molecule has 4 atom stereocenters. The quantitative estimate of drug-likeness (QED) is 0.820. The first-order chi connectivity index (χ1) is 7.84. The van der Waals surface area contributed by atoms with Crippen molar-refractivity contribution in [1.82, 2.24) is 0 Å². The highest BCUT2D eigenvalue weighted by Crippen LogP contribution is 2.60.